The maximum atomic E-state index is 4.68. The van der Waals surface area contributed by atoms with Gasteiger partial charge in [0.1, 0.15) is 0 Å². The average Bonchev–Trinajstić information content (AvgIpc) is 3.77. The first-order valence-corrected chi connectivity index (χ1v) is 26.2. The maximum absolute atomic E-state index is 4.68. The van der Waals surface area contributed by atoms with Crippen LogP contribution < -0.4 is 19.6 Å². The zero-order valence-corrected chi connectivity index (χ0v) is 41.7. The maximum Gasteiger partial charge on any atom is 0.0718 e. The largest absolute Gasteiger partial charge is 0.306 e. The number of fused-ring (bicyclic) bond motifs is 8. The van der Waals surface area contributed by atoms with Crippen molar-refractivity contribution in [3.05, 3.63) is 218 Å². The summed E-state index contributed by atoms with van der Waals surface area (Å²) in [6, 6.07) is 67.9. The van der Waals surface area contributed by atoms with Crippen LogP contribution in [0.4, 0.5) is 68.2 Å². The van der Waals surface area contributed by atoms with Gasteiger partial charge in [-0.05, 0) is 152 Å². The Morgan fingerprint density at radius 1 is 0.329 bits per heavy atom. The molecule has 6 nitrogen and oxygen atoms in total. The van der Waals surface area contributed by atoms with E-state index < -0.39 is 0 Å². The van der Waals surface area contributed by atoms with Crippen molar-refractivity contribution in [1.29, 1.82) is 0 Å². The van der Waals surface area contributed by atoms with Gasteiger partial charge in [0.05, 0.1) is 80.6 Å². The predicted octanol–water partition coefficient (Wildman–Crippen LogP) is 19.6. The second-order valence-corrected chi connectivity index (χ2v) is 21.3. The molecule has 73 heavy (non-hydrogen) atoms. The number of nitrogens with zero attached hydrogens (tertiary/aromatic N) is 6. The molecule has 0 amide bonds. The fourth-order valence-corrected chi connectivity index (χ4v) is 13.4. The lowest BCUT2D eigenvalue weighted by atomic mass is 9.82. The van der Waals surface area contributed by atoms with E-state index >= 15 is 0 Å². The van der Waals surface area contributed by atoms with E-state index in [2.05, 4.69) is 227 Å². The van der Waals surface area contributed by atoms with Crippen molar-refractivity contribution in [3.63, 3.8) is 0 Å². The third-order valence-corrected chi connectivity index (χ3v) is 16.5. The summed E-state index contributed by atoms with van der Waals surface area (Å²) < 4.78 is 2.55. The molecule has 13 aromatic rings. The number of para-hydroxylation sites is 6. The Morgan fingerprint density at radius 2 is 0.740 bits per heavy atom. The lowest BCUT2D eigenvalue weighted by molar-refractivity contribution is 0.875. The van der Waals surface area contributed by atoms with Gasteiger partial charge in [0.25, 0.3) is 0 Å². The van der Waals surface area contributed by atoms with E-state index in [1.165, 1.54) is 85.8 Å². The Balaban J connectivity index is 1.03. The Morgan fingerprint density at radius 3 is 1.22 bits per heavy atom. The van der Waals surface area contributed by atoms with Crippen LogP contribution in [0.2, 0.25) is 0 Å². The molecule has 0 saturated carbocycles. The van der Waals surface area contributed by atoms with Gasteiger partial charge in [-0.15, -0.1) is 11.3 Å². The van der Waals surface area contributed by atoms with Gasteiger partial charge in [0.2, 0.25) is 0 Å². The number of hydrogen-bond acceptors (Lipinski definition) is 7. The number of thiophene rings is 1. The highest BCUT2D eigenvalue weighted by atomic mass is 32.1. The molecule has 10 aromatic carbocycles. The van der Waals surface area contributed by atoms with Crippen molar-refractivity contribution in [3.8, 4) is 0 Å². The van der Waals surface area contributed by atoms with Crippen LogP contribution in [0.1, 0.15) is 50.7 Å². The second-order valence-electron chi connectivity index (χ2n) is 20.2. The SMILES string of the molecule is CC(C)c1cc2ccc(N3c4ccccc4N(c4cccnc4)c4cc5c(cc43)sc3cc4ccccc4cc35)c3c(C(C)C)cc4ccc(N5c6ccccc6N(c6cccnc6)c6ccccc65)c1c4c23. The lowest BCUT2D eigenvalue weighted by Crippen LogP contribution is -2.24. The van der Waals surface area contributed by atoms with E-state index in [1.54, 1.807) is 0 Å². The molecule has 348 valence electrons. The van der Waals surface area contributed by atoms with Gasteiger partial charge in [-0.25, -0.2) is 0 Å². The molecule has 7 heteroatoms. The number of aromatic nitrogens is 2. The van der Waals surface area contributed by atoms with E-state index in [0.29, 0.717) is 0 Å². The predicted molar refractivity (Wildman–Crippen MR) is 310 cm³/mol. The lowest BCUT2D eigenvalue weighted by Gasteiger charge is -2.41. The first kappa shape index (κ1) is 42.0. The number of hydrogen-bond donors (Lipinski definition) is 0. The van der Waals surface area contributed by atoms with Crippen LogP contribution in [0.5, 0.6) is 0 Å². The monoisotopic (exact) mass is 956 g/mol. The quantitative estimate of drug-likeness (QED) is 0.155. The van der Waals surface area contributed by atoms with Crippen LogP contribution >= 0.6 is 11.3 Å². The Labute approximate surface area is 427 Å². The van der Waals surface area contributed by atoms with Gasteiger partial charge >= 0.3 is 0 Å². The van der Waals surface area contributed by atoms with Gasteiger partial charge in [-0.3, -0.25) is 9.97 Å². The molecule has 0 radical (unpaired) electrons. The summed E-state index contributed by atoms with van der Waals surface area (Å²) >= 11 is 1.88. The van der Waals surface area contributed by atoms with E-state index in [0.717, 1.165) is 56.9 Å². The van der Waals surface area contributed by atoms with Crippen LogP contribution in [-0.2, 0) is 0 Å². The first-order valence-electron chi connectivity index (χ1n) is 25.3. The Hall–Kier alpha value is -8.78. The molecule has 2 aliphatic rings. The zero-order valence-electron chi connectivity index (χ0n) is 40.9. The van der Waals surface area contributed by atoms with Crippen molar-refractivity contribution in [2.24, 2.45) is 0 Å². The molecule has 0 bridgehead atoms. The topological polar surface area (TPSA) is 38.7 Å². The smallest absolute Gasteiger partial charge is 0.0718 e. The summed E-state index contributed by atoms with van der Waals surface area (Å²) in [6.45, 7) is 9.41. The van der Waals surface area contributed by atoms with Gasteiger partial charge in [-0.1, -0.05) is 113 Å². The van der Waals surface area contributed by atoms with Crippen LogP contribution in [0.15, 0.2) is 207 Å². The van der Waals surface area contributed by atoms with E-state index in [-0.39, 0.29) is 11.8 Å². The molecule has 3 aromatic heterocycles. The number of rotatable bonds is 6. The number of anilines is 12. The molecule has 0 N–H and O–H groups in total. The second kappa shape index (κ2) is 15.9. The minimum absolute atomic E-state index is 0.238. The molecular weight excluding hydrogens is 909 g/mol. The van der Waals surface area contributed by atoms with E-state index in [1.807, 2.05) is 48.3 Å². The molecule has 0 saturated heterocycles. The summed E-state index contributed by atoms with van der Waals surface area (Å²) in [5.41, 5.74) is 16.0. The van der Waals surface area contributed by atoms with Crippen LogP contribution in [-0.4, -0.2) is 9.97 Å². The fourth-order valence-electron chi connectivity index (χ4n) is 12.3. The summed E-state index contributed by atoms with van der Waals surface area (Å²) in [5.74, 6) is 0.488. The zero-order chi connectivity index (χ0) is 48.6. The molecule has 15 rings (SSSR count). The Kier molecular flexibility index (Phi) is 9.11. The fraction of sp³-hybridized carbons (Fsp3) is 0.0909. The van der Waals surface area contributed by atoms with Crippen LogP contribution in [0.25, 0.3) is 63.3 Å². The highest BCUT2D eigenvalue weighted by Gasteiger charge is 2.36. The Bertz CT molecular complexity index is 4320. The minimum atomic E-state index is 0.238. The molecule has 0 unspecified atom stereocenters. The van der Waals surface area contributed by atoms with Crippen molar-refractivity contribution in [2.45, 2.75) is 39.5 Å². The molecule has 0 fully saturated rings. The highest BCUT2D eigenvalue weighted by molar-refractivity contribution is 7.26. The van der Waals surface area contributed by atoms with Gasteiger partial charge < -0.3 is 19.6 Å². The van der Waals surface area contributed by atoms with Gasteiger partial charge in [0.15, 0.2) is 0 Å². The first-order chi connectivity index (χ1) is 35.9. The van der Waals surface area contributed by atoms with Crippen molar-refractivity contribution < 1.29 is 0 Å². The third-order valence-electron chi connectivity index (χ3n) is 15.4. The summed E-state index contributed by atoms with van der Waals surface area (Å²) in [6.07, 6.45) is 7.66. The molecular formula is C66H48N6S. The molecule has 5 heterocycles. The van der Waals surface area contributed by atoms with Crippen LogP contribution in [0, 0.1) is 0 Å². The highest BCUT2D eigenvalue weighted by Crippen LogP contribution is 2.60. The van der Waals surface area contributed by atoms with Crippen molar-refractivity contribution in [1.82, 2.24) is 9.97 Å². The molecule has 2 aliphatic heterocycles. The molecule has 0 spiro atoms. The summed E-state index contributed by atoms with van der Waals surface area (Å²) in [7, 11) is 0. The van der Waals surface area contributed by atoms with Gasteiger partial charge in [0, 0.05) is 43.3 Å². The van der Waals surface area contributed by atoms with E-state index in [4.69, 9.17) is 0 Å². The number of benzene rings is 10. The standard InChI is InChI=1S/C66H48N6S/c1-39(2)47-32-44-26-28-58(72-56-24-12-9-21-53(56)70(46-18-14-30-68-38-46)59-35-50-49-31-41-15-5-6-16-42(41)34-61(49)73-62(50)36-60(59)72)66-48(40(3)4)33-43-25-27-57(65(47)63(43)64(44)66)71-54-22-10-7-19-51(54)69(45-17-13-29-67-37-45)52-20-8-11-23-55(52)71/h5-40H,1-4H3. The normalized spacial score (nSPS) is 13.3. The van der Waals surface area contributed by atoms with E-state index in [9.17, 15) is 0 Å². The summed E-state index contributed by atoms with van der Waals surface area (Å²) in [5, 5.41) is 12.8. The van der Waals surface area contributed by atoms with Crippen LogP contribution in [0.3, 0.4) is 0 Å². The molecule has 0 atom stereocenters. The number of pyridine rings is 2. The van der Waals surface area contributed by atoms with Crippen molar-refractivity contribution >= 4 is 143 Å². The van der Waals surface area contributed by atoms with Gasteiger partial charge in [-0.2, -0.15) is 0 Å². The third kappa shape index (κ3) is 6.09. The summed E-state index contributed by atoms with van der Waals surface area (Å²) in [4.78, 5) is 19.1. The average molecular weight is 957 g/mol. The van der Waals surface area contributed by atoms with Crippen molar-refractivity contribution in [2.75, 3.05) is 19.6 Å². The molecule has 0 aliphatic carbocycles. The minimum Gasteiger partial charge on any atom is -0.306 e.